The molecule has 0 spiro atoms. The van der Waals surface area contributed by atoms with Gasteiger partial charge < -0.3 is 0 Å². The molecule has 2 aliphatic rings. The fraction of sp³-hybridized carbons (Fsp3) is 0.400. The number of hydrogen-bond donors (Lipinski definition) is 1. The third-order valence-electron chi connectivity index (χ3n) is 1.37. The van der Waals surface area contributed by atoms with Gasteiger partial charge in [0, 0.05) is 6.21 Å². The summed E-state index contributed by atoms with van der Waals surface area (Å²) >= 11 is 0. The fourth-order valence-corrected chi connectivity index (χ4v) is 0.870. The van der Waals surface area contributed by atoms with Gasteiger partial charge >= 0.3 is 0 Å². The van der Waals surface area contributed by atoms with E-state index in [0.29, 0.717) is 0 Å². The topological polar surface area (TPSA) is 49.1 Å². The molecule has 0 aromatic heterocycles. The van der Waals surface area contributed by atoms with Gasteiger partial charge in [0.1, 0.15) is 6.04 Å². The average Bonchev–Trinajstić information content (AvgIpc) is 2.33. The molecule has 4 nitrogen and oxygen atoms in total. The van der Waals surface area contributed by atoms with Crippen LogP contribution in [0.3, 0.4) is 0 Å². The van der Waals surface area contributed by atoms with Crippen molar-refractivity contribution in [2.45, 2.75) is 6.04 Å². The van der Waals surface area contributed by atoms with Crippen molar-refractivity contribution in [2.75, 3.05) is 6.54 Å². The molecule has 2 rings (SSSR count). The quantitative estimate of drug-likeness (QED) is 0.493. The highest BCUT2D eigenvalue weighted by atomic mass is 15.5. The predicted octanol–water partition coefficient (Wildman–Crippen LogP) is 0.294. The van der Waals surface area contributed by atoms with Gasteiger partial charge in [-0.25, -0.2) is 0 Å². The fourth-order valence-electron chi connectivity index (χ4n) is 0.870. The minimum Gasteiger partial charge on any atom is -0.290 e. The Hall–Kier alpha value is -1.19. The van der Waals surface area contributed by atoms with E-state index in [1.807, 2.05) is 6.08 Å². The summed E-state index contributed by atoms with van der Waals surface area (Å²) in [6.07, 6.45) is 3.67. The molecule has 9 heavy (non-hydrogen) atoms. The zero-order chi connectivity index (χ0) is 6.10. The largest absolute Gasteiger partial charge is 0.290 e. The third-order valence-corrected chi connectivity index (χ3v) is 1.37. The van der Waals surface area contributed by atoms with Crippen molar-refractivity contribution in [2.24, 2.45) is 15.3 Å². The Morgan fingerprint density at radius 3 is 3.56 bits per heavy atom. The maximum Gasteiger partial charge on any atom is 0.134 e. The van der Waals surface area contributed by atoms with E-state index >= 15 is 0 Å². The number of hydrogen-bond acceptors (Lipinski definition) is 4. The van der Waals surface area contributed by atoms with Gasteiger partial charge in [0.05, 0.1) is 12.2 Å². The lowest BCUT2D eigenvalue weighted by Crippen LogP contribution is -2.17. The molecule has 1 unspecified atom stereocenters. The van der Waals surface area contributed by atoms with Crippen LogP contribution in [0.4, 0.5) is 0 Å². The molecule has 46 valence electrons. The van der Waals surface area contributed by atoms with E-state index in [1.165, 1.54) is 0 Å². The Morgan fingerprint density at radius 1 is 1.67 bits per heavy atom. The van der Waals surface area contributed by atoms with Crippen molar-refractivity contribution in [1.29, 1.82) is 0 Å². The zero-order valence-electron chi connectivity index (χ0n) is 4.78. The summed E-state index contributed by atoms with van der Waals surface area (Å²) in [5.74, 6) is 0. The minimum absolute atomic E-state index is 0.176. The lowest BCUT2D eigenvalue weighted by Gasteiger charge is -2.05. The summed E-state index contributed by atoms with van der Waals surface area (Å²) in [4.78, 5) is 4.02. The molecule has 2 heterocycles. The first kappa shape index (κ1) is 4.67. The number of allylic oxidation sites excluding steroid dienone is 1. The second-order valence-corrected chi connectivity index (χ2v) is 1.98. The van der Waals surface area contributed by atoms with E-state index in [2.05, 4.69) is 20.8 Å². The van der Waals surface area contributed by atoms with Gasteiger partial charge in [-0.1, -0.05) is 5.22 Å². The molecule has 0 saturated carbocycles. The van der Waals surface area contributed by atoms with Crippen LogP contribution in [0.5, 0.6) is 0 Å². The van der Waals surface area contributed by atoms with Gasteiger partial charge in [0.15, 0.2) is 0 Å². The monoisotopic (exact) mass is 122 g/mol. The smallest absolute Gasteiger partial charge is 0.134 e. The molecule has 0 saturated heterocycles. The summed E-state index contributed by atoms with van der Waals surface area (Å²) in [5, 5.41) is 7.54. The van der Waals surface area contributed by atoms with Crippen LogP contribution in [-0.4, -0.2) is 18.8 Å². The van der Waals surface area contributed by atoms with E-state index in [4.69, 9.17) is 0 Å². The molecule has 0 aliphatic carbocycles. The van der Waals surface area contributed by atoms with E-state index in [-0.39, 0.29) is 6.04 Å². The molecule has 2 aliphatic heterocycles. The van der Waals surface area contributed by atoms with Gasteiger partial charge in [-0.3, -0.25) is 10.4 Å². The molecule has 0 bridgehead atoms. The Balaban J connectivity index is 2.29. The average molecular weight is 122 g/mol. The second-order valence-electron chi connectivity index (χ2n) is 1.98. The first-order valence-electron chi connectivity index (χ1n) is 2.83. The first-order chi connectivity index (χ1) is 4.47. The van der Waals surface area contributed by atoms with Gasteiger partial charge in [0.2, 0.25) is 0 Å². The van der Waals surface area contributed by atoms with Crippen LogP contribution in [0.15, 0.2) is 27.1 Å². The molecule has 0 amide bonds. The summed E-state index contributed by atoms with van der Waals surface area (Å²) in [6.45, 7) is 0.738. The molecule has 4 heteroatoms. The van der Waals surface area contributed by atoms with Crippen molar-refractivity contribution in [3.63, 3.8) is 0 Å². The highest BCUT2D eigenvalue weighted by Crippen LogP contribution is 2.12. The summed E-state index contributed by atoms with van der Waals surface area (Å²) in [5.41, 5.74) is 3.85. The highest BCUT2D eigenvalue weighted by molar-refractivity contribution is 5.73. The Bertz CT molecular complexity index is 203. The van der Waals surface area contributed by atoms with Crippen molar-refractivity contribution in [3.8, 4) is 0 Å². The predicted molar refractivity (Wildman–Crippen MR) is 33.2 cm³/mol. The van der Waals surface area contributed by atoms with Crippen LogP contribution < -0.4 is 5.43 Å². The molecular formula is C5H6N4. The van der Waals surface area contributed by atoms with Crippen LogP contribution in [0.1, 0.15) is 0 Å². The number of aliphatic imine (C=N–C) groups is 1. The second kappa shape index (κ2) is 1.65. The molecule has 0 radical (unpaired) electrons. The van der Waals surface area contributed by atoms with Crippen molar-refractivity contribution < 1.29 is 0 Å². The molecule has 0 fully saturated rings. The Morgan fingerprint density at radius 2 is 2.67 bits per heavy atom. The third kappa shape index (κ3) is 0.630. The van der Waals surface area contributed by atoms with Crippen molar-refractivity contribution in [1.82, 2.24) is 5.43 Å². The van der Waals surface area contributed by atoms with E-state index in [1.54, 1.807) is 6.21 Å². The summed E-state index contributed by atoms with van der Waals surface area (Å²) in [6, 6.07) is 0.176. The van der Waals surface area contributed by atoms with Crippen LogP contribution in [0.25, 0.3) is 0 Å². The Kier molecular flexibility index (Phi) is 0.855. The van der Waals surface area contributed by atoms with Crippen LogP contribution >= 0.6 is 0 Å². The minimum atomic E-state index is 0.176. The highest BCUT2D eigenvalue weighted by Gasteiger charge is 2.18. The first-order valence-corrected chi connectivity index (χ1v) is 2.83. The van der Waals surface area contributed by atoms with E-state index < -0.39 is 0 Å². The normalized spacial score (nSPS) is 29.3. The maximum atomic E-state index is 4.02. The standard InChI is InChI=1S/C5H6N4/c1-2-6-3-5-4(1)7-9-8-5/h1-2,5H,3H2,(H,7,8). The summed E-state index contributed by atoms with van der Waals surface area (Å²) < 4.78 is 0. The SMILES string of the molecule is C1=NCC2N=NNC2=C1. The lowest BCUT2D eigenvalue weighted by molar-refractivity contribution is 0.782. The van der Waals surface area contributed by atoms with Crippen molar-refractivity contribution >= 4 is 6.21 Å². The number of fused-ring (bicyclic) bond motifs is 1. The number of dihydropyridines is 1. The van der Waals surface area contributed by atoms with Gasteiger partial charge in [-0.15, -0.1) is 0 Å². The number of nitrogens with zero attached hydrogens (tertiary/aromatic N) is 3. The van der Waals surface area contributed by atoms with Gasteiger partial charge in [0.25, 0.3) is 0 Å². The van der Waals surface area contributed by atoms with Crippen LogP contribution in [0.2, 0.25) is 0 Å². The van der Waals surface area contributed by atoms with E-state index in [0.717, 1.165) is 12.2 Å². The number of rotatable bonds is 0. The van der Waals surface area contributed by atoms with Gasteiger partial charge in [-0.05, 0) is 6.08 Å². The molecule has 1 atom stereocenters. The van der Waals surface area contributed by atoms with Crippen molar-refractivity contribution in [3.05, 3.63) is 11.8 Å². The maximum absolute atomic E-state index is 4.02. The molecular weight excluding hydrogens is 116 g/mol. The zero-order valence-corrected chi connectivity index (χ0v) is 4.78. The van der Waals surface area contributed by atoms with Crippen LogP contribution in [-0.2, 0) is 0 Å². The molecule has 0 aromatic rings. The lowest BCUT2D eigenvalue weighted by atomic mass is 10.2. The number of nitrogens with one attached hydrogen (secondary N) is 1. The summed E-state index contributed by atoms with van der Waals surface area (Å²) in [7, 11) is 0. The molecule has 1 N–H and O–H groups in total. The molecule has 0 aromatic carbocycles. The Labute approximate surface area is 52.4 Å². The van der Waals surface area contributed by atoms with E-state index in [9.17, 15) is 0 Å². The van der Waals surface area contributed by atoms with Crippen LogP contribution in [0, 0.1) is 0 Å². The van der Waals surface area contributed by atoms with Gasteiger partial charge in [-0.2, -0.15) is 5.11 Å².